The molecular formula is C20H25NO. The first-order valence-electron chi connectivity index (χ1n) is 8.28. The fourth-order valence-corrected chi connectivity index (χ4v) is 3.19. The molecule has 1 fully saturated rings. The fourth-order valence-electron chi connectivity index (χ4n) is 3.19. The standard InChI is InChI=1S/C20H25NO/c1-17-7-2-4-10-19(17)20-11-5-3-8-18(20)9-6-12-21-13-15-22-16-14-21/h2-5,7-8,10-11H,6,9,12-16H2,1H3. The average molecular weight is 295 g/mol. The summed E-state index contributed by atoms with van der Waals surface area (Å²) in [5, 5.41) is 0. The van der Waals surface area contributed by atoms with Crippen molar-refractivity contribution in [1.82, 2.24) is 4.90 Å². The van der Waals surface area contributed by atoms with Crippen molar-refractivity contribution in [1.29, 1.82) is 0 Å². The number of nitrogens with zero attached hydrogens (tertiary/aromatic N) is 1. The van der Waals surface area contributed by atoms with Gasteiger partial charge in [-0.3, -0.25) is 4.90 Å². The summed E-state index contributed by atoms with van der Waals surface area (Å²) in [5.41, 5.74) is 5.57. The minimum atomic E-state index is 0.889. The Morgan fingerprint density at radius 1 is 0.909 bits per heavy atom. The molecule has 1 aliphatic heterocycles. The van der Waals surface area contributed by atoms with Gasteiger partial charge in [0.1, 0.15) is 0 Å². The Morgan fingerprint density at radius 3 is 2.36 bits per heavy atom. The molecule has 22 heavy (non-hydrogen) atoms. The molecule has 0 aliphatic carbocycles. The van der Waals surface area contributed by atoms with Crippen molar-refractivity contribution >= 4 is 0 Å². The molecule has 0 saturated carbocycles. The number of hydrogen-bond acceptors (Lipinski definition) is 2. The molecule has 1 aliphatic rings. The van der Waals surface area contributed by atoms with Crippen molar-refractivity contribution in [3.63, 3.8) is 0 Å². The van der Waals surface area contributed by atoms with Gasteiger partial charge >= 0.3 is 0 Å². The summed E-state index contributed by atoms with van der Waals surface area (Å²) < 4.78 is 5.41. The van der Waals surface area contributed by atoms with E-state index < -0.39 is 0 Å². The minimum absolute atomic E-state index is 0.889. The van der Waals surface area contributed by atoms with Gasteiger partial charge in [0, 0.05) is 13.1 Å². The van der Waals surface area contributed by atoms with Crippen molar-refractivity contribution < 1.29 is 4.74 Å². The van der Waals surface area contributed by atoms with Gasteiger partial charge in [-0.2, -0.15) is 0 Å². The minimum Gasteiger partial charge on any atom is -0.379 e. The molecule has 0 radical (unpaired) electrons. The van der Waals surface area contributed by atoms with Crippen molar-refractivity contribution in [3.8, 4) is 11.1 Å². The normalized spacial score (nSPS) is 15.9. The number of hydrogen-bond donors (Lipinski definition) is 0. The largest absolute Gasteiger partial charge is 0.379 e. The van der Waals surface area contributed by atoms with E-state index in [0.29, 0.717) is 0 Å². The van der Waals surface area contributed by atoms with Crippen LogP contribution in [-0.2, 0) is 11.2 Å². The lowest BCUT2D eigenvalue weighted by Gasteiger charge is -2.26. The zero-order chi connectivity index (χ0) is 15.2. The molecule has 0 atom stereocenters. The highest BCUT2D eigenvalue weighted by Crippen LogP contribution is 2.27. The van der Waals surface area contributed by atoms with Crippen molar-refractivity contribution in [2.75, 3.05) is 32.8 Å². The van der Waals surface area contributed by atoms with Crippen LogP contribution in [0.1, 0.15) is 17.5 Å². The third-order valence-corrected chi connectivity index (χ3v) is 4.48. The Hall–Kier alpha value is -1.64. The van der Waals surface area contributed by atoms with Crippen LogP contribution in [0.25, 0.3) is 11.1 Å². The SMILES string of the molecule is Cc1ccccc1-c1ccccc1CCCN1CCOCC1. The molecule has 3 rings (SSSR count). The maximum absolute atomic E-state index is 5.41. The van der Waals surface area contributed by atoms with Gasteiger partial charge in [-0.1, -0.05) is 48.5 Å². The van der Waals surface area contributed by atoms with E-state index >= 15 is 0 Å². The van der Waals surface area contributed by atoms with Crippen molar-refractivity contribution in [2.45, 2.75) is 19.8 Å². The van der Waals surface area contributed by atoms with E-state index in [-0.39, 0.29) is 0 Å². The van der Waals surface area contributed by atoms with Gasteiger partial charge in [-0.05, 0) is 48.6 Å². The van der Waals surface area contributed by atoms with Gasteiger partial charge in [0.05, 0.1) is 13.2 Å². The highest BCUT2D eigenvalue weighted by Gasteiger charge is 2.11. The number of morpholine rings is 1. The predicted octanol–water partition coefficient (Wildman–Crippen LogP) is 3.93. The number of aryl methyl sites for hydroxylation is 2. The molecule has 2 aromatic carbocycles. The molecule has 0 amide bonds. The van der Waals surface area contributed by atoms with Crippen molar-refractivity contribution in [2.24, 2.45) is 0 Å². The number of ether oxygens (including phenoxy) is 1. The van der Waals surface area contributed by atoms with Gasteiger partial charge < -0.3 is 4.74 Å². The maximum atomic E-state index is 5.41. The second kappa shape index (κ2) is 7.57. The molecule has 2 aromatic rings. The van der Waals surface area contributed by atoms with Crippen LogP contribution in [0.4, 0.5) is 0 Å². The first-order valence-corrected chi connectivity index (χ1v) is 8.28. The zero-order valence-electron chi connectivity index (χ0n) is 13.4. The van der Waals surface area contributed by atoms with Crippen LogP contribution < -0.4 is 0 Å². The summed E-state index contributed by atoms with van der Waals surface area (Å²) in [6, 6.07) is 17.5. The van der Waals surface area contributed by atoms with E-state index in [9.17, 15) is 0 Å². The molecule has 2 nitrogen and oxygen atoms in total. The number of rotatable bonds is 5. The Balaban J connectivity index is 1.68. The average Bonchev–Trinajstić information content (AvgIpc) is 2.57. The van der Waals surface area contributed by atoms with Crippen LogP contribution in [0.2, 0.25) is 0 Å². The lowest BCUT2D eigenvalue weighted by molar-refractivity contribution is 0.0375. The fraction of sp³-hybridized carbons (Fsp3) is 0.400. The molecule has 0 unspecified atom stereocenters. The summed E-state index contributed by atoms with van der Waals surface area (Å²) in [4.78, 5) is 2.51. The van der Waals surface area contributed by atoms with E-state index in [1.165, 1.54) is 35.2 Å². The maximum Gasteiger partial charge on any atom is 0.0594 e. The monoisotopic (exact) mass is 295 g/mol. The first-order chi connectivity index (χ1) is 10.8. The molecule has 1 heterocycles. The van der Waals surface area contributed by atoms with Crippen LogP contribution in [0.5, 0.6) is 0 Å². The van der Waals surface area contributed by atoms with Crippen LogP contribution in [-0.4, -0.2) is 37.7 Å². The zero-order valence-corrected chi connectivity index (χ0v) is 13.4. The molecule has 0 N–H and O–H groups in total. The molecular weight excluding hydrogens is 270 g/mol. The van der Waals surface area contributed by atoms with E-state index in [2.05, 4.69) is 60.4 Å². The summed E-state index contributed by atoms with van der Waals surface area (Å²) in [7, 11) is 0. The molecule has 116 valence electrons. The van der Waals surface area contributed by atoms with E-state index in [4.69, 9.17) is 4.74 Å². The summed E-state index contributed by atoms with van der Waals surface area (Å²) in [6.07, 6.45) is 2.35. The van der Waals surface area contributed by atoms with Crippen LogP contribution >= 0.6 is 0 Å². The highest BCUT2D eigenvalue weighted by molar-refractivity contribution is 5.70. The van der Waals surface area contributed by atoms with Crippen LogP contribution in [0.15, 0.2) is 48.5 Å². The molecule has 0 bridgehead atoms. The lowest BCUT2D eigenvalue weighted by atomic mass is 9.94. The quantitative estimate of drug-likeness (QED) is 0.829. The topological polar surface area (TPSA) is 12.5 Å². The van der Waals surface area contributed by atoms with E-state index in [1.807, 2.05) is 0 Å². The second-order valence-electron chi connectivity index (χ2n) is 6.03. The van der Waals surface area contributed by atoms with Crippen LogP contribution in [0.3, 0.4) is 0 Å². The van der Waals surface area contributed by atoms with Gasteiger partial charge in [0.15, 0.2) is 0 Å². The molecule has 1 saturated heterocycles. The molecule has 0 aromatic heterocycles. The number of benzene rings is 2. The Morgan fingerprint density at radius 2 is 1.59 bits per heavy atom. The van der Waals surface area contributed by atoms with Gasteiger partial charge in [-0.25, -0.2) is 0 Å². The smallest absolute Gasteiger partial charge is 0.0594 e. The molecule has 2 heteroatoms. The van der Waals surface area contributed by atoms with Gasteiger partial charge in [0.2, 0.25) is 0 Å². The summed E-state index contributed by atoms with van der Waals surface area (Å²) in [6.45, 7) is 7.31. The van der Waals surface area contributed by atoms with E-state index in [1.54, 1.807) is 0 Å². The van der Waals surface area contributed by atoms with Gasteiger partial charge in [-0.15, -0.1) is 0 Å². The predicted molar refractivity (Wildman–Crippen MR) is 92.2 cm³/mol. The Labute approximate surface area is 133 Å². The van der Waals surface area contributed by atoms with E-state index in [0.717, 1.165) is 32.7 Å². The summed E-state index contributed by atoms with van der Waals surface area (Å²) in [5.74, 6) is 0. The lowest BCUT2D eigenvalue weighted by Crippen LogP contribution is -2.36. The van der Waals surface area contributed by atoms with Crippen molar-refractivity contribution in [3.05, 3.63) is 59.7 Å². The Kier molecular flexibility index (Phi) is 5.25. The highest BCUT2D eigenvalue weighted by atomic mass is 16.5. The van der Waals surface area contributed by atoms with Gasteiger partial charge in [0.25, 0.3) is 0 Å². The first kappa shape index (κ1) is 15.3. The third kappa shape index (κ3) is 3.76. The Bertz CT molecular complexity index is 602. The molecule has 0 spiro atoms. The summed E-state index contributed by atoms with van der Waals surface area (Å²) >= 11 is 0. The van der Waals surface area contributed by atoms with Crippen LogP contribution in [0, 0.1) is 6.92 Å². The second-order valence-corrected chi connectivity index (χ2v) is 6.03. The third-order valence-electron chi connectivity index (χ3n) is 4.48.